The highest BCUT2D eigenvalue weighted by molar-refractivity contribution is 5.95. The van der Waals surface area contributed by atoms with Gasteiger partial charge in [0.2, 0.25) is 0 Å². The Morgan fingerprint density at radius 1 is 1.20 bits per heavy atom. The Labute approximate surface area is 200 Å². The molecule has 0 bridgehead atoms. The number of imidazole rings is 1. The molecular weight excluding hydrogens is 463 g/mol. The van der Waals surface area contributed by atoms with Crippen LogP contribution in [0.1, 0.15) is 41.5 Å². The summed E-state index contributed by atoms with van der Waals surface area (Å²) in [6, 6.07) is 5.83. The Kier molecular flexibility index (Phi) is 7.88. The van der Waals surface area contributed by atoms with Gasteiger partial charge >= 0.3 is 12.1 Å². The molecule has 1 aliphatic heterocycles. The molecule has 1 saturated heterocycles. The predicted octanol–water partition coefficient (Wildman–Crippen LogP) is 4.66. The number of likely N-dealkylation sites (tertiary alicyclic amines) is 1. The van der Waals surface area contributed by atoms with Crippen LogP contribution >= 0.6 is 0 Å². The summed E-state index contributed by atoms with van der Waals surface area (Å²) >= 11 is 0. The zero-order chi connectivity index (χ0) is 25.8. The predicted molar refractivity (Wildman–Crippen MR) is 123 cm³/mol. The van der Waals surface area contributed by atoms with E-state index in [2.05, 4.69) is 26.9 Å². The monoisotopic (exact) mass is 489 g/mol. The minimum absolute atomic E-state index is 0.0665. The molecule has 0 spiro atoms. The maximum absolute atomic E-state index is 12.9. The number of nitrogens with one attached hydrogen (secondary N) is 1. The van der Waals surface area contributed by atoms with E-state index in [0.717, 1.165) is 60.0 Å². The maximum atomic E-state index is 12.9. The Morgan fingerprint density at radius 2 is 1.91 bits per heavy atom. The number of rotatable bonds is 4. The normalized spacial score (nSPS) is 15.5. The van der Waals surface area contributed by atoms with Gasteiger partial charge in [-0.05, 0) is 49.9 Å². The number of amides is 1. The van der Waals surface area contributed by atoms with E-state index in [1.54, 1.807) is 18.6 Å². The van der Waals surface area contributed by atoms with Gasteiger partial charge in [-0.3, -0.25) is 14.8 Å². The molecule has 1 amide bonds. The van der Waals surface area contributed by atoms with Gasteiger partial charge in [-0.25, -0.2) is 9.78 Å². The molecule has 1 aliphatic rings. The van der Waals surface area contributed by atoms with Crippen LogP contribution in [0.15, 0.2) is 36.8 Å². The zero-order valence-electron chi connectivity index (χ0n) is 19.6. The molecule has 1 unspecified atom stereocenters. The quantitative estimate of drug-likeness (QED) is 0.552. The summed E-state index contributed by atoms with van der Waals surface area (Å²) in [5, 5.41) is 7.12. The fourth-order valence-electron chi connectivity index (χ4n) is 3.66. The maximum Gasteiger partial charge on any atom is 0.490 e. The highest BCUT2D eigenvalue weighted by atomic mass is 19.4. The number of aryl methyl sites for hydroxylation is 2. The molecule has 3 aromatic rings. The first-order chi connectivity index (χ1) is 16.5. The van der Waals surface area contributed by atoms with E-state index in [1.807, 2.05) is 36.9 Å². The lowest BCUT2D eigenvalue weighted by atomic mass is 10.1. The molecule has 0 aliphatic carbocycles. The topological polar surface area (TPSA) is 112 Å². The van der Waals surface area contributed by atoms with E-state index in [0.29, 0.717) is 11.5 Å². The lowest BCUT2D eigenvalue weighted by Gasteiger charge is -2.16. The number of pyridine rings is 2. The number of carboxylic acids is 1. The van der Waals surface area contributed by atoms with Crippen LogP contribution < -0.4 is 0 Å². The van der Waals surface area contributed by atoms with E-state index in [1.165, 1.54) is 0 Å². The lowest BCUT2D eigenvalue weighted by molar-refractivity contribution is -0.192. The van der Waals surface area contributed by atoms with E-state index in [4.69, 9.17) is 9.90 Å². The van der Waals surface area contributed by atoms with Crippen molar-refractivity contribution >= 4 is 11.9 Å². The fraction of sp³-hybridized carbons (Fsp3) is 0.375. The van der Waals surface area contributed by atoms with Crippen molar-refractivity contribution in [1.82, 2.24) is 24.8 Å². The molecule has 11 heteroatoms. The Hall–Kier alpha value is -3.76. The first-order valence-corrected chi connectivity index (χ1v) is 11.0. The second kappa shape index (κ2) is 10.7. The standard InChI is InChI=1S/C22H25N5O.C2HF3O2/c1-4-16-6-8-27(13-16)22(28)19-9-18(11-23-12-19)17-5-7-24-20(10-17)21-25-14(2)15(3)26-21;3-2(4,5)1(6)7/h5,7,9-12,16H,4,6,8,13H2,1-3H3,(H,25,26);(H,6,7). The summed E-state index contributed by atoms with van der Waals surface area (Å²) in [5.74, 6) is -1.33. The van der Waals surface area contributed by atoms with Crippen LogP contribution in [0.25, 0.3) is 22.6 Å². The van der Waals surface area contributed by atoms with Crippen molar-refractivity contribution in [1.29, 1.82) is 0 Å². The van der Waals surface area contributed by atoms with Gasteiger partial charge in [0.15, 0.2) is 5.82 Å². The van der Waals surface area contributed by atoms with Crippen LogP contribution in [0, 0.1) is 19.8 Å². The molecule has 8 nitrogen and oxygen atoms in total. The number of H-pyrrole nitrogens is 1. The summed E-state index contributed by atoms with van der Waals surface area (Å²) < 4.78 is 31.7. The molecule has 4 heterocycles. The van der Waals surface area contributed by atoms with Gasteiger partial charge in [0.25, 0.3) is 5.91 Å². The summed E-state index contributed by atoms with van der Waals surface area (Å²) in [5.41, 5.74) is 5.28. The van der Waals surface area contributed by atoms with Crippen molar-refractivity contribution in [3.8, 4) is 22.6 Å². The third-order valence-corrected chi connectivity index (χ3v) is 5.84. The third kappa shape index (κ3) is 6.43. The number of alkyl halides is 3. The third-order valence-electron chi connectivity index (χ3n) is 5.84. The van der Waals surface area contributed by atoms with Crippen molar-refractivity contribution in [2.45, 2.75) is 39.8 Å². The highest BCUT2D eigenvalue weighted by Crippen LogP contribution is 2.26. The van der Waals surface area contributed by atoms with Crippen LogP contribution in [-0.2, 0) is 4.79 Å². The van der Waals surface area contributed by atoms with Crippen LogP contribution in [0.4, 0.5) is 13.2 Å². The van der Waals surface area contributed by atoms with Gasteiger partial charge in [0.1, 0.15) is 5.69 Å². The summed E-state index contributed by atoms with van der Waals surface area (Å²) in [7, 11) is 0. The summed E-state index contributed by atoms with van der Waals surface area (Å²) in [6.45, 7) is 7.83. The Balaban J connectivity index is 0.000000429. The van der Waals surface area contributed by atoms with E-state index < -0.39 is 12.1 Å². The highest BCUT2D eigenvalue weighted by Gasteiger charge is 2.38. The van der Waals surface area contributed by atoms with Crippen LogP contribution in [0.3, 0.4) is 0 Å². The molecule has 4 rings (SSSR count). The second-order valence-electron chi connectivity index (χ2n) is 8.30. The van der Waals surface area contributed by atoms with E-state index in [-0.39, 0.29) is 5.91 Å². The molecule has 0 aromatic carbocycles. The number of halogens is 3. The summed E-state index contributed by atoms with van der Waals surface area (Å²) in [4.78, 5) is 40.3. The Bertz CT molecular complexity index is 1190. The van der Waals surface area contributed by atoms with Crippen molar-refractivity contribution in [3.05, 3.63) is 53.7 Å². The number of carboxylic acid groups (broad SMARTS) is 1. The molecule has 1 fully saturated rings. The van der Waals surface area contributed by atoms with Gasteiger partial charge in [-0.15, -0.1) is 0 Å². The van der Waals surface area contributed by atoms with Crippen molar-refractivity contribution in [2.75, 3.05) is 13.1 Å². The van der Waals surface area contributed by atoms with Gasteiger partial charge in [-0.1, -0.05) is 13.3 Å². The molecule has 3 aromatic heterocycles. The first-order valence-electron chi connectivity index (χ1n) is 11.0. The largest absolute Gasteiger partial charge is 0.490 e. The number of carbonyl (C=O) groups excluding carboxylic acids is 1. The molecule has 2 N–H and O–H groups in total. The zero-order valence-corrected chi connectivity index (χ0v) is 19.6. The molecule has 1 atom stereocenters. The van der Waals surface area contributed by atoms with Gasteiger partial charge < -0.3 is 15.0 Å². The van der Waals surface area contributed by atoms with Crippen molar-refractivity contribution < 1.29 is 27.9 Å². The number of nitrogens with zero attached hydrogens (tertiary/aromatic N) is 4. The SMILES string of the molecule is CCC1CCN(C(=O)c2cncc(-c3ccnc(-c4nc(C)c(C)[nH]4)c3)c2)C1.O=C(O)C(F)(F)F. The number of aliphatic carboxylic acids is 1. The molecular formula is C24H26F3N5O3. The number of hydrogen-bond donors (Lipinski definition) is 2. The van der Waals surface area contributed by atoms with Crippen molar-refractivity contribution in [2.24, 2.45) is 5.92 Å². The number of aromatic nitrogens is 4. The molecule has 0 radical (unpaired) electrons. The van der Waals surface area contributed by atoms with Gasteiger partial charge in [0, 0.05) is 42.9 Å². The minimum Gasteiger partial charge on any atom is -0.475 e. The van der Waals surface area contributed by atoms with Crippen LogP contribution in [-0.4, -0.2) is 61.1 Å². The van der Waals surface area contributed by atoms with Gasteiger partial charge in [0.05, 0.1) is 11.3 Å². The average Bonchev–Trinajstić information content (AvgIpc) is 3.45. The van der Waals surface area contributed by atoms with Crippen LogP contribution in [0.2, 0.25) is 0 Å². The van der Waals surface area contributed by atoms with Gasteiger partial charge in [-0.2, -0.15) is 13.2 Å². The first kappa shape index (κ1) is 25.9. The minimum atomic E-state index is -5.08. The van der Waals surface area contributed by atoms with E-state index >= 15 is 0 Å². The van der Waals surface area contributed by atoms with E-state index in [9.17, 15) is 18.0 Å². The summed E-state index contributed by atoms with van der Waals surface area (Å²) in [6.07, 6.45) is 2.33. The molecule has 186 valence electrons. The lowest BCUT2D eigenvalue weighted by Crippen LogP contribution is -2.28. The smallest absolute Gasteiger partial charge is 0.475 e. The fourth-order valence-corrected chi connectivity index (χ4v) is 3.66. The average molecular weight is 489 g/mol. The number of aromatic amines is 1. The Morgan fingerprint density at radius 3 is 2.49 bits per heavy atom. The number of hydrogen-bond acceptors (Lipinski definition) is 5. The number of carbonyl (C=O) groups is 2. The molecule has 0 saturated carbocycles. The van der Waals surface area contributed by atoms with Crippen molar-refractivity contribution in [3.63, 3.8) is 0 Å². The molecule has 35 heavy (non-hydrogen) atoms. The second-order valence-corrected chi connectivity index (χ2v) is 8.30. The van der Waals surface area contributed by atoms with Crippen LogP contribution in [0.5, 0.6) is 0 Å².